The largest absolute Gasteiger partial charge is 0.491 e. The van der Waals surface area contributed by atoms with Gasteiger partial charge in [-0.05, 0) is 42.0 Å². The summed E-state index contributed by atoms with van der Waals surface area (Å²) in [6, 6.07) is 10.5. The van der Waals surface area contributed by atoms with Crippen LogP contribution in [0.2, 0.25) is 5.02 Å². The molecule has 0 bridgehead atoms. The van der Waals surface area contributed by atoms with E-state index in [1.165, 1.54) is 42.5 Å². The van der Waals surface area contributed by atoms with Crippen LogP contribution < -0.4 is 5.73 Å². The standard InChI is InChI=1S/C26H19ClF6N8O5/c27-15-4-2-14(3-5-15)20-37-18(38-39-20)11-41-8-7-40(10-13-1-6-16-17(9-13)35-12-36-19(16)34)21(42)26(41,45-22(43)24(28,29)30)46-23(44)25(31,32)33/h1-6,9,12H,7-8,10-11H2,(H2,34,35,36)(H,37,38,39). The van der Waals surface area contributed by atoms with Gasteiger partial charge in [-0.1, -0.05) is 17.7 Å². The van der Waals surface area contributed by atoms with E-state index in [2.05, 4.69) is 34.6 Å². The third-order valence-electron chi connectivity index (χ3n) is 6.62. The molecule has 2 aromatic heterocycles. The number of fused-ring (bicyclic) bond motifs is 1. The average molecular weight is 673 g/mol. The Morgan fingerprint density at radius 1 is 0.957 bits per heavy atom. The number of anilines is 1. The van der Waals surface area contributed by atoms with Crippen LogP contribution in [0.5, 0.6) is 0 Å². The molecule has 0 radical (unpaired) electrons. The number of carbonyl (C=O) groups excluding carboxylic acids is 3. The van der Waals surface area contributed by atoms with Gasteiger partial charge in [0.05, 0.1) is 12.1 Å². The second kappa shape index (κ2) is 12.0. The molecular formula is C26H19ClF6N8O5. The molecule has 4 aromatic rings. The number of H-pyrrole nitrogens is 1. The van der Waals surface area contributed by atoms with E-state index in [-0.39, 0.29) is 24.0 Å². The number of nitrogens with zero attached hydrogens (tertiary/aromatic N) is 6. The van der Waals surface area contributed by atoms with Gasteiger partial charge in [0, 0.05) is 35.6 Å². The third-order valence-corrected chi connectivity index (χ3v) is 6.87. The van der Waals surface area contributed by atoms with Crippen molar-refractivity contribution in [1.29, 1.82) is 0 Å². The van der Waals surface area contributed by atoms with E-state index in [0.29, 0.717) is 32.0 Å². The van der Waals surface area contributed by atoms with Gasteiger partial charge in [0.15, 0.2) is 5.82 Å². The lowest BCUT2D eigenvalue weighted by molar-refractivity contribution is -0.315. The van der Waals surface area contributed by atoms with Gasteiger partial charge in [-0.25, -0.2) is 29.4 Å². The number of halogens is 7. The lowest BCUT2D eigenvalue weighted by Gasteiger charge is -2.46. The van der Waals surface area contributed by atoms with Crippen LogP contribution in [0.1, 0.15) is 11.4 Å². The predicted molar refractivity (Wildman–Crippen MR) is 144 cm³/mol. The summed E-state index contributed by atoms with van der Waals surface area (Å²) in [6.45, 7) is -2.13. The van der Waals surface area contributed by atoms with Gasteiger partial charge in [-0.3, -0.25) is 9.89 Å². The molecule has 2 aromatic carbocycles. The number of esters is 2. The lowest BCUT2D eigenvalue weighted by atomic mass is 10.1. The Labute approximate surface area is 258 Å². The Balaban J connectivity index is 1.53. The zero-order valence-corrected chi connectivity index (χ0v) is 23.7. The maximum atomic E-state index is 13.8. The molecule has 1 saturated heterocycles. The summed E-state index contributed by atoms with van der Waals surface area (Å²) in [6.07, 6.45) is -10.5. The molecule has 0 unspecified atom stereocenters. The maximum Gasteiger partial charge on any atom is 0.491 e. The fraction of sp³-hybridized carbons (Fsp3) is 0.269. The van der Waals surface area contributed by atoms with Crippen molar-refractivity contribution < 1.29 is 50.2 Å². The molecule has 1 amide bonds. The summed E-state index contributed by atoms with van der Waals surface area (Å²) in [5, 5.41) is 7.22. The van der Waals surface area contributed by atoms with E-state index in [9.17, 15) is 40.7 Å². The van der Waals surface area contributed by atoms with Gasteiger partial charge in [0.25, 0.3) is 0 Å². The molecule has 242 valence electrons. The van der Waals surface area contributed by atoms with Crippen LogP contribution in [0.3, 0.4) is 0 Å². The summed E-state index contributed by atoms with van der Waals surface area (Å²) < 4.78 is 89.3. The molecule has 0 spiro atoms. The number of ether oxygens (including phenoxy) is 2. The Morgan fingerprint density at radius 2 is 1.61 bits per heavy atom. The molecule has 46 heavy (non-hydrogen) atoms. The molecule has 0 saturated carbocycles. The highest BCUT2D eigenvalue weighted by atomic mass is 35.5. The number of aromatic nitrogens is 5. The van der Waals surface area contributed by atoms with Crippen molar-refractivity contribution in [1.82, 2.24) is 34.9 Å². The number of hydrogen-bond donors (Lipinski definition) is 2. The number of amides is 1. The number of nitrogens with one attached hydrogen (secondary N) is 1. The molecule has 1 fully saturated rings. The van der Waals surface area contributed by atoms with E-state index in [4.69, 9.17) is 17.3 Å². The molecular weight excluding hydrogens is 654 g/mol. The maximum absolute atomic E-state index is 13.8. The fourth-order valence-corrected chi connectivity index (χ4v) is 4.61. The van der Waals surface area contributed by atoms with E-state index in [1.54, 1.807) is 0 Å². The molecule has 0 aliphatic carbocycles. The Bertz CT molecular complexity index is 1770. The summed E-state index contributed by atoms with van der Waals surface area (Å²) in [4.78, 5) is 51.3. The number of carbonyl (C=O) groups is 3. The molecule has 1 aliphatic heterocycles. The van der Waals surface area contributed by atoms with Gasteiger partial charge in [0.2, 0.25) is 0 Å². The van der Waals surface area contributed by atoms with Gasteiger partial charge >= 0.3 is 36.1 Å². The number of nitrogen functional groups attached to an aromatic ring is 1. The first-order chi connectivity index (χ1) is 21.6. The number of benzene rings is 2. The van der Waals surface area contributed by atoms with Crippen molar-refractivity contribution in [2.75, 3.05) is 18.8 Å². The minimum Gasteiger partial charge on any atom is -0.394 e. The van der Waals surface area contributed by atoms with Crippen LogP contribution >= 0.6 is 11.6 Å². The lowest BCUT2D eigenvalue weighted by Crippen LogP contribution is -2.70. The van der Waals surface area contributed by atoms with Gasteiger partial charge in [-0.15, -0.1) is 0 Å². The molecule has 1 aliphatic rings. The van der Waals surface area contributed by atoms with E-state index < -0.39 is 55.7 Å². The molecule has 0 atom stereocenters. The van der Waals surface area contributed by atoms with Gasteiger partial charge in [0.1, 0.15) is 18.0 Å². The zero-order chi connectivity index (χ0) is 33.4. The van der Waals surface area contributed by atoms with Crippen molar-refractivity contribution in [3.63, 3.8) is 0 Å². The first-order valence-corrected chi connectivity index (χ1v) is 13.3. The van der Waals surface area contributed by atoms with Crippen molar-refractivity contribution >= 4 is 46.2 Å². The summed E-state index contributed by atoms with van der Waals surface area (Å²) in [5.74, 6) is -11.8. The number of hydrogen-bond acceptors (Lipinski definition) is 11. The van der Waals surface area contributed by atoms with Crippen LogP contribution in [0.15, 0.2) is 48.8 Å². The smallest absolute Gasteiger partial charge is 0.394 e. The summed E-state index contributed by atoms with van der Waals surface area (Å²) in [5.41, 5.74) is 6.85. The first kappa shape index (κ1) is 32.4. The second-order valence-corrected chi connectivity index (χ2v) is 10.2. The molecule has 20 heteroatoms. The summed E-state index contributed by atoms with van der Waals surface area (Å²) >= 11 is 5.88. The van der Waals surface area contributed by atoms with Crippen molar-refractivity contribution in [3.05, 3.63) is 65.2 Å². The van der Waals surface area contributed by atoms with E-state index in [1.807, 2.05) is 0 Å². The monoisotopic (exact) mass is 672 g/mol. The number of rotatable bonds is 7. The number of aromatic amines is 1. The van der Waals surface area contributed by atoms with Crippen LogP contribution in [0.4, 0.5) is 32.2 Å². The molecule has 3 heterocycles. The quantitative estimate of drug-likeness (QED) is 0.168. The number of piperazine rings is 1. The third kappa shape index (κ3) is 6.64. The van der Waals surface area contributed by atoms with Crippen LogP contribution in [0.25, 0.3) is 22.3 Å². The van der Waals surface area contributed by atoms with Crippen molar-refractivity contribution in [2.45, 2.75) is 31.4 Å². The van der Waals surface area contributed by atoms with E-state index in [0.717, 1.165) is 11.2 Å². The molecule has 13 nitrogen and oxygen atoms in total. The highest BCUT2D eigenvalue weighted by Crippen LogP contribution is 2.35. The van der Waals surface area contributed by atoms with Crippen LogP contribution in [-0.4, -0.2) is 84.1 Å². The predicted octanol–water partition coefficient (Wildman–Crippen LogP) is 3.36. The molecule has 3 N–H and O–H groups in total. The van der Waals surface area contributed by atoms with E-state index >= 15 is 0 Å². The zero-order valence-electron chi connectivity index (χ0n) is 22.9. The highest BCUT2D eigenvalue weighted by Gasteiger charge is 2.62. The average Bonchev–Trinajstić information content (AvgIpc) is 3.45. The van der Waals surface area contributed by atoms with Crippen LogP contribution in [0, 0.1) is 0 Å². The number of alkyl halides is 6. The minimum absolute atomic E-state index is 0.0440. The Kier molecular flexibility index (Phi) is 8.47. The minimum atomic E-state index is -5.81. The highest BCUT2D eigenvalue weighted by molar-refractivity contribution is 6.30. The van der Waals surface area contributed by atoms with Gasteiger partial charge in [-0.2, -0.15) is 31.4 Å². The first-order valence-electron chi connectivity index (χ1n) is 12.9. The fourth-order valence-electron chi connectivity index (χ4n) is 4.48. The van der Waals surface area contributed by atoms with Crippen LogP contribution in [-0.2, 0) is 36.9 Å². The SMILES string of the molecule is Nc1ncnc2cc(CN3CCN(Cc4nc(-c5ccc(Cl)cc5)n[nH]4)C(OC(=O)C(F)(F)F)(OC(=O)C(F)(F)F)C3=O)ccc12. The second-order valence-electron chi connectivity index (χ2n) is 9.73. The summed E-state index contributed by atoms with van der Waals surface area (Å²) in [7, 11) is 0. The number of nitrogens with two attached hydrogens (primary N) is 1. The van der Waals surface area contributed by atoms with Crippen molar-refractivity contribution in [2.24, 2.45) is 0 Å². The Morgan fingerprint density at radius 3 is 2.24 bits per heavy atom. The van der Waals surface area contributed by atoms with Gasteiger partial charge < -0.3 is 20.1 Å². The topological polar surface area (TPSA) is 170 Å². The normalized spacial score (nSPS) is 15.6. The Hall–Kier alpha value is -5.04. The van der Waals surface area contributed by atoms with Crippen molar-refractivity contribution in [3.8, 4) is 11.4 Å². The molecule has 5 rings (SSSR count).